The van der Waals surface area contributed by atoms with E-state index < -0.39 is 12.0 Å². The largest absolute Gasteiger partial charge is 0.480 e. The predicted octanol–water partition coefficient (Wildman–Crippen LogP) is 3.18. The Morgan fingerprint density at radius 2 is 2.00 bits per heavy atom. The monoisotopic (exact) mass is 449 g/mol. The third kappa shape index (κ3) is 4.67. The minimum absolute atomic E-state index is 0.0391. The summed E-state index contributed by atoms with van der Waals surface area (Å²) in [6.07, 6.45) is 1.98. The van der Waals surface area contributed by atoms with Gasteiger partial charge >= 0.3 is 5.97 Å². The predicted molar refractivity (Wildman–Crippen MR) is 123 cm³/mol. The number of aromatic amines is 1. The molecule has 0 bridgehead atoms. The smallest absolute Gasteiger partial charge is 0.326 e. The van der Waals surface area contributed by atoms with Gasteiger partial charge in [0.15, 0.2) is 11.0 Å². The Labute approximate surface area is 189 Å². The summed E-state index contributed by atoms with van der Waals surface area (Å²) in [6.45, 7) is 2.01. The summed E-state index contributed by atoms with van der Waals surface area (Å²) in [4.78, 5) is 27.4. The number of amides is 1. The van der Waals surface area contributed by atoms with Crippen molar-refractivity contribution in [3.8, 4) is 11.4 Å². The van der Waals surface area contributed by atoms with Gasteiger partial charge in [-0.25, -0.2) is 4.79 Å². The van der Waals surface area contributed by atoms with Gasteiger partial charge in [0, 0.05) is 36.1 Å². The van der Waals surface area contributed by atoms with Gasteiger partial charge in [0.25, 0.3) is 0 Å². The average Bonchev–Trinajstić information content (AvgIpc) is 3.35. The topological polar surface area (TPSA) is 113 Å². The summed E-state index contributed by atoms with van der Waals surface area (Å²) in [5.74, 6) is -0.701. The van der Waals surface area contributed by atoms with Crippen molar-refractivity contribution in [2.24, 2.45) is 7.05 Å². The van der Waals surface area contributed by atoms with E-state index >= 15 is 0 Å². The van der Waals surface area contributed by atoms with Crippen LogP contribution in [0.1, 0.15) is 11.1 Å². The molecule has 0 saturated heterocycles. The third-order valence-electron chi connectivity index (χ3n) is 5.18. The summed E-state index contributed by atoms with van der Waals surface area (Å²) >= 11 is 1.22. The van der Waals surface area contributed by atoms with Gasteiger partial charge in [0.05, 0.1) is 5.75 Å². The summed E-state index contributed by atoms with van der Waals surface area (Å²) < 4.78 is 1.83. The van der Waals surface area contributed by atoms with Crippen molar-refractivity contribution >= 4 is 34.5 Å². The van der Waals surface area contributed by atoms with Crippen molar-refractivity contribution in [1.82, 2.24) is 25.1 Å². The van der Waals surface area contributed by atoms with Gasteiger partial charge < -0.3 is 20.0 Å². The van der Waals surface area contributed by atoms with Crippen LogP contribution in [-0.4, -0.2) is 48.5 Å². The molecule has 9 heteroatoms. The van der Waals surface area contributed by atoms with Crippen LogP contribution in [0, 0.1) is 6.92 Å². The molecule has 0 saturated carbocycles. The lowest BCUT2D eigenvalue weighted by molar-refractivity contribution is -0.141. The van der Waals surface area contributed by atoms with Crippen molar-refractivity contribution in [2.75, 3.05) is 5.75 Å². The second-order valence-corrected chi connectivity index (χ2v) is 8.49. The number of nitrogens with zero attached hydrogens (tertiary/aromatic N) is 3. The molecular formula is C23H23N5O3S. The number of thioether (sulfide) groups is 1. The molecule has 2 aromatic carbocycles. The van der Waals surface area contributed by atoms with Crippen LogP contribution in [0.5, 0.6) is 0 Å². The fourth-order valence-electron chi connectivity index (χ4n) is 3.56. The highest BCUT2D eigenvalue weighted by Gasteiger charge is 2.22. The lowest BCUT2D eigenvalue weighted by Crippen LogP contribution is -2.43. The molecule has 3 N–H and O–H groups in total. The molecule has 8 nitrogen and oxygen atoms in total. The number of carbonyl (C=O) groups excluding carboxylic acids is 1. The molecule has 0 aliphatic rings. The maximum Gasteiger partial charge on any atom is 0.326 e. The lowest BCUT2D eigenvalue weighted by atomic mass is 10.1. The average molecular weight is 450 g/mol. The molecule has 0 unspecified atom stereocenters. The number of benzene rings is 2. The van der Waals surface area contributed by atoms with E-state index in [0.717, 1.165) is 27.6 Å². The zero-order valence-corrected chi connectivity index (χ0v) is 18.5. The Balaban J connectivity index is 1.40. The second kappa shape index (κ2) is 9.27. The first kappa shape index (κ1) is 21.6. The number of fused-ring (bicyclic) bond motifs is 1. The molecule has 0 spiro atoms. The minimum Gasteiger partial charge on any atom is -0.480 e. The van der Waals surface area contributed by atoms with Crippen LogP contribution in [0.3, 0.4) is 0 Å². The van der Waals surface area contributed by atoms with Gasteiger partial charge in [-0.1, -0.05) is 53.7 Å². The molecule has 0 aliphatic carbocycles. The van der Waals surface area contributed by atoms with Crippen molar-refractivity contribution in [2.45, 2.75) is 24.5 Å². The summed E-state index contributed by atoms with van der Waals surface area (Å²) in [5.41, 5.74) is 3.84. The van der Waals surface area contributed by atoms with E-state index in [-0.39, 0.29) is 18.1 Å². The number of carboxylic acids is 1. The first-order valence-corrected chi connectivity index (χ1v) is 11.1. The van der Waals surface area contributed by atoms with Crippen molar-refractivity contribution in [3.63, 3.8) is 0 Å². The van der Waals surface area contributed by atoms with E-state index in [1.165, 1.54) is 11.8 Å². The number of aryl methyl sites for hydroxylation is 1. The van der Waals surface area contributed by atoms with Crippen molar-refractivity contribution in [3.05, 3.63) is 65.9 Å². The highest BCUT2D eigenvalue weighted by Crippen LogP contribution is 2.23. The number of hydrogen-bond acceptors (Lipinski definition) is 5. The molecule has 4 aromatic rings. The van der Waals surface area contributed by atoms with Crippen LogP contribution >= 0.6 is 11.8 Å². The van der Waals surface area contributed by atoms with E-state index in [1.54, 1.807) is 6.20 Å². The summed E-state index contributed by atoms with van der Waals surface area (Å²) in [7, 11) is 1.84. The number of H-pyrrole nitrogens is 1. The zero-order valence-electron chi connectivity index (χ0n) is 17.7. The fourth-order valence-corrected chi connectivity index (χ4v) is 4.28. The zero-order chi connectivity index (χ0) is 22.7. The molecule has 4 rings (SSSR count). The van der Waals surface area contributed by atoms with Gasteiger partial charge in [-0.15, -0.1) is 10.2 Å². The summed E-state index contributed by atoms with van der Waals surface area (Å²) in [6, 6.07) is 14.6. The van der Waals surface area contributed by atoms with Crippen LogP contribution < -0.4 is 5.32 Å². The Kier molecular flexibility index (Phi) is 6.27. The van der Waals surface area contributed by atoms with Crippen LogP contribution in [0.2, 0.25) is 0 Å². The fraction of sp³-hybridized carbons (Fsp3) is 0.217. The maximum atomic E-state index is 12.5. The number of aliphatic carboxylic acids is 1. The van der Waals surface area contributed by atoms with E-state index in [4.69, 9.17) is 0 Å². The standard InChI is InChI=1S/C23H23N5O3S/c1-14-6-5-7-15(10-14)21-26-27-23(28(21)2)32-13-20(29)25-19(22(30)31)11-16-12-24-18-9-4-3-8-17(16)18/h3-10,12,19,24H,11,13H2,1-2H3,(H,25,29)(H,30,31)/t19-/m0/s1. The highest BCUT2D eigenvalue weighted by atomic mass is 32.2. The Morgan fingerprint density at radius 1 is 1.19 bits per heavy atom. The minimum atomic E-state index is -1.07. The number of hydrogen-bond donors (Lipinski definition) is 3. The number of rotatable bonds is 8. The molecule has 1 amide bonds. The second-order valence-electron chi connectivity index (χ2n) is 7.55. The maximum absolute atomic E-state index is 12.5. The van der Waals surface area contributed by atoms with Gasteiger partial charge in [-0.3, -0.25) is 4.79 Å². The molecule has 2 aromatic heterocycles. The highest BCUT2D eigenvalue weighted by molar-refractivity contribution is 7.99. The van der Waals surface area contributed by atoms with E-state index in [1.807, 2.05) is 67.1 Å². The van der Waals surface area contributed by atoms with Crippen LogP contribution in [0.4, 0.5) is 0 Å². The van der Waals surface area contributed by atoms with E-state index in [0.29, 0.717) is 11.0 Å². The molecule has 2 heterocycles. The van der Waals surface area contributed by atoms with E-state index in [9.17, 15) is 14.7 Å². The Hall–Kier alpha value is -3.59. The van der Waals surface area contributed by atoms with Crippen LogP contribution in [0.25, 0.3) is 22.3 Å². The molecule has 32 heavy (non-hydrogen) atoms. The van der Waals surface area contributed by atoms with Gasteiger partial charge in [0.1, 0.15) is 6.04 Å². The third-order valence-corrected chi connectivity index (χ3v) is 6.20. The van der Waals surface area contributed by atoms with Gasteiger partial charge in [-0.2, -0.15) is 0 Å². The number of carbonyl (C=O) groups is 2. The quantitative estimate of drug-likeness (QED) is 0.356. The number of carboxylic acid groups (broad SMARTS) is 1. The van der Waals surface area contributed by atoms with Crippen molar-refractivity contribution in [1.29, 1.82) is 0 Å². The van der Waals surface area contributed by atoms with Gasteiger partial charge in [-0.05, 0) is 24.6 Å². The summed E-state index contributed by atoms with van der Waals surface area (Å²) in [5, 5.41) is 22.2. The molecule has 0 aliphatic heterocycles. The van der Waals surface area contributed by atoms with E-state index in [2.05, 4.69) is 20.5 Å². The first-order valence-electron chi connectivity index (χ1n) is 10.1. The SMILES string of the molecule is Cc1cccc(-c2nnc(SCC(=O)N[C@@H](Cc3c[nH]c4ccccc34)C(=O)O)n2C)c1. The van der Waals surface area contributed by atoms with Gasteiger partial charge in [0.2, 0.25) is 5.91 Å². The number of para-hydroxylation sites is 1. The molecule has 1 atom stereocenters. The van der Waals surface area contributed by atoms with Crippen LogP contribution in [0.15, 0.2) is 59.9 Å². The number of nitrogens with one attached hydrogen (secondary N) is 2. The number of aromatic nitrogens is 4. The normalized spacial score (nSPS) is 12.1. The lowest BCUT2D eigenvalue weighted by Gasteiger charge is -2.14. The van der Waals surface area contributed by atoms with Crippen LogP contribution in [-0.2, 0) is 23.1 Å². The first-order chi connectivity index (χ1) is 15.4. The molecule has 164 valence electrons. The molecule has 0 fully saturated rings. The molecular weight excluding hydrogens is 426 g/mol. The van der Waals surface area contributed by atoms with Crippen molar-refractivity contribution < 1.29 is 14.7 Å². The Morgan fingerprint density at radius 3 is 2.78 bits per heavy atom. The molecule has 0 radical (unpaired) electrons. The Bertz CT molecular complexity index is 1280.